The van der Waals surface area contributed by atoms with E-state index in [1.807, 2.05) is 63.2 Å². The van der Waals surface area contributed by atoms with Gasteiger partial charge in [-0.2, -0.15) is 0 Å². The second-order valence-corrected chi connectivity index (χ2v) is 7.63. The Morgan fingerprint density at radius 1 is 1.07 bits per heavy atom. The van der Waals surface area contributed by atoms with Crippen LogP contribution in [0.3, 0.4) is 0 Å². The molecule has 0 aromatic heterocycles. The molecule has 0 bridgehead atoms. The van der Waals surface area contributed by atoms with Crippen molar-refractivity contribution in [2.24, 2.45) is 5.92 Å². The molecular formula is C23H26N2O4. The molecule has 1 aliphatic rings. The highest BCUT2D eigenvalue weighted by Crippen LogP contribution is 2.26. The van der Waals surface area contributed by atoms with Gasteiger partial charge in [-0.15, -0.1) is 0 Å². The van der Waals surface area contributed by atoms with Crippen LogP contribution >= 0.6 is 0 Å². The fourth-order valence-corrected chi connectivity index (χ4v) is 3.27. The SMILES string of the molecule is Cc1ccc(N2C[C@H](C(=O)O[C@H](C)C(=O)Nc3cc(C)ccc3C)CC2=O)cc1. The van der Waals surface area contributed by atoms with Crippen LogP contribution in [0.15, 0.2) is 42.5 Å². The molecule has 152 valence electrons. The summed E-state index contributed by atoms with van der Waals surface area (Å²) in [6.45, 7) is 7.60. The maximum absolute atomic E-state index is 12.5. The molecule has 2 amide bonds. The van der Waals surface area contributed by atoms with Crippen molar-refractivity contribution in [3.8, 4) is 0 Å². The Morgan fingerprint density at radius 2 is 1.72 bits per heavy atom. The highest BCUT2D eigenvalue weighted by molar-refractivity contribution is 6.00. The summed E-state index contributed by atoms with van der Waals surface area (Å²) in [5, 5.41) is 2.80. The van der Waals surface area contributed by atoms with Gasteiger partial charge in [0.1, 0.15) is 0 Å². The number of nitrogens with zero attached hydrogens (tertiary/aromatic N) is 1. The van der Waals surface area contributed by atoms with E-state index in [1.54, 1.807) is 4.90 Å². The van der Waals surface area contributed by atoms with Gasteiger partial charge in [0, 0.05) is 24.3 Å². The van der Waals surface area contributed by atoms with Gasteiger partial charge in [0.2, 0.25) is 5.91 Å². The Hall–Kier alpha value is -3.15. The number of hydrogen-bond donors (Lipinski definition) is 1. The van der Waals surface area contributed by atoms with Crippen LogP contribution in [-0.4, -0.2) is 30.4 Å². The van der Waals surface area contributed by atoms with Crippen molar-refractivity contribution >= 4 is 29.2 Å². The quantitative estimate of drug-likeness (QED) is 0.787. The zero-order chi connectivity index (χ0) is 21.1. The molecule has 6 nitrogen and oxygen atoms in total. The zero-order valence-electron chi connectivity index (χ0n) is 17.2. The lowest BCUT2D eigenvalue weighted by atomic mass is 10.1. The van der Waals surface area contributed by atoms with Crippen LogP contribution in [0.1, 0.15) is 30.0 Å². The van der Waals surface area contributed by atoms with E-state index in [-0.39, 0.29) is 18.9 Å². The normalized spacial score (nSPS) is 17.2. The Kier molecular flexibility index (Phi) is 6.01. The highest BCUT2D eigenvalue weighted by atomic mass is 16.5. The maximum atomic E-state index is 12.5. The second kappa shape index (κ2) is 8.47. The molecule has 2 aromatic rings. The van der Waals surface area contributed by atoms with Crippen LogP contribution in [0.4, 0.5) is 11.4 Å². The lowest BCUT2D eigenvalue weighted by Gasteiger charge is -2.18. The molecule has 1 saturated heterocycles. The third-order valence-electron chi connectivity index (χ3n) is 5.12. The largest absolute Gasteiger partial charge is 0.452 e. The van der Waals surface area contributed by atoms with Crippen molar-refractivity contribution in [2.75, 3.05) is 16.8 Å². The smallest absolute Gasteiger partial charge is 0.312 e. The summed E-state index contributed by atoms with van der Waals surface area (Å²) in [6.07, 6.45) is -0.871. The number of hydrogen-bond acceptors (Lipinski definition) is 4. The first-order valence-electron chi connectivity index (χ1n) is 9.70. The standard InChI is InChI=1S/C23H26N2O4/c1-14-6-9-19(10-7-14)25-13-18(12-21(25)26)23(28)29-17(4)22(27)24-20-11-15(2)5-8-16(20)3/h5-11,17-18H,12-13H2,1-4H3,(H,24,27)/t17-,18-/m1/s1. The molecule has 6 heteroatoms. The second-order valence-electron chi connectivity index (χ2n) is 7.63. The van der Waals surface area contributed by atoms with E-state index in [1.165, 1.54) is 6.92 Å². The van der Waals surface area contributed by atoms with Gasteiger partial charge in [-0.3, -0.25) is 14.4 Å². The molecule has 3 rings (SSSR count). The lowest BCUT2D eigenvalue weighted by molar-refractivity contribution is -0.157. The molecule has 2 aromatic carbocycles. The van der Waals surface area contributed by atoms with Crippen molar-refractivity contribution in [2.45, 2.75) is 40.2 Å². The average Bonchev–Trinajstić information content (AvgIpc) is 3.07. The summed E-state index contributed by atoms with van der Waals surface area (Å²) >= 11 is 0. The predicted octanol–water partition coefficient (Wildman–Crippen LogP) is 3.54. The van der Waals surface area contributed by atoms with Gasteiger partial charge in [-0.1, -0.05) is 29.8 Å². The number of esters is 1. The molecular weight excluding hydrogens is 368 g/mol. The van der Waals surface area contributed by atoms with Gasteiger partial charge < -0.3 is 15.0 Å². The fourth-order valence-electron chi connectivity index (χ4n) is 3.27. The van der Waals surface area contributed by atoms with Crippen molar-refractivity contribution in [3.63, 3.8) is 0 Å². The summed E-state index contributed by atoms with van der Waals surface area (Å²) < 4.78 is 5.36. The topological polar surface area (TPSA) is 75.7 Å². The number of carbonyl (C=O) groups excluding carboxylic acids is 3. The van der Waals surface area contributed by atoms with Gasteiger partial charge in [0.05, 0.1) is 5.92 Å². The van der Waals surface area contributed by atoms with E-state index >= 15 is 0 Å². The minimum absolute atomic E-state index is 0.0814. The van der Waals surface area contributed by atoms with Crippen LogP contribution in [-0.2, 0) is 19.1 Å². The van der Waals surface area contributed by atoms with Gasteiger partial charge in [0.15, 0.2) is 6.10 Å². The van der Waals surface area contributed by atoms with Crippen LogP contribution in [0.5, 0.6) is 0 Å². The van der Waals surface area contributed by atoms with E-state index in [4.69, 9.17) is 4.74 Å². The Labute approximate surface area is 170 Å². The average molecular weight is 394 g/mol. The van der Waals surface area contributed by atoms with Crippen molar-refractivity contribution in [1.82, 2.24) is 0 Å². The van der Waals surface area contributed by atoms with Crippen LogP contribution in [0.25, 0.3) is 0 Å². The van der Waals surface area contributed by atoms with Crippen molar-refractivity contribution < 1.29 is 19.1 Å². The van der Waals surface area contributed by atoms with Gasteiger partial charge >= 0.3 is 5.97 Å². The van der Waals surface area contributed by atoms with E-state index < -0.39 is 23.9 Å². The van der Waals surface area contributed by atoms with Gasteiger partial charge in [-0.25, -0.2) is 0 Å². The summed E-state index contributed by atoms with van der Waals surface area (Å²) in [5.41, 5.74) is 4.50. The third kappa shape index (κ3) is 4.83. The summed E-state index contributed by atoms with van der Waals surface area (Å²) in [4.78, 5) is 38.9. The molecule has 29 heavy (non-hydrogen) atoms. The maximum Gasteiger partial charge on any atom is 0.312 e. The molecule has 1 aliphatic heterocycles. The van der Waals surface area contributed by atoms with Crippen LogP contribution in [0, 0.1) is 26.7 Å². The van der Waals surface area contributed by atoms with Gasteiger partial charge in [0.25, 0.3) is 5.91 Å². The summed E-state index contributed by atoms with van der Waals surface area (Å²) in [5.74, 6) is -1.63. The Balaban J connectivity index is 1.59. The lowest BCUT2D eigenvalue weighted by Crippen LogP contribution is -2.33. The minimum atomic E-state index is -0.953. The molecule has 2 atom stereocenters. The number of carbonyl (C=O) groups is 3. The molecule has 0 aliphatic carbocycles. The number of benzene rings is 2. The van der Waals surface area contributed by atoms with E-state index in [0.717, 1.165) is 22.4 Å². The molecule has 1 fully saturated rings. The third-order valence-corrected chi connectivity index (χ3v) is 5.12. The summed E-state index contributed by atoms with van der Waals surface area (Å²) in [6, 6.07) is 13.3. The van der Waals surface area contributed by atoms with Gasteiger partial charge in [-0.05, 0) is 57.0 Å². The zero-order valence-corrected chi connectivity index (χ0v) is 17.2. The molecule has 1 heterocycles. The first-order chi connectivity index (χ1) is 13.7. The molecule has 0 unspecified atom stereocenters. The molecule has 0 spiro atoms. The summed E-state index contributed by atoms with van der Waals surface area (Å²) in [7, 11) is 0. The van der Waals surface area contributed by atoms with Crippen LogP contribution in [0.2, 0.25) is 0 Å². The van der Waals surface area contributed by atoms with E-state index in [2.05, 4.69) is 5.32 Å². The molecule has 1 N–H and O–H groups in total. The highest BCUT2D eigenvalue weighted by Gasteiger charge is 2.37. The minimum Gasteiger partial charge on any atom is -0.452 e. The number of rotatable bonds is 5. The first kappa shape index (κ1) is 20.6. The number of anilines is 2. The number of aryl methyl sites for hydroxylation is 3. The Morgan fingerprint density at radius 3 is 2.41 bits per heavy atom. The Bertz CT molecular complexity index is 936. The molecule has 0 radical (unpaired) electrons. The monoisotopic (exact) mass is 394 g/mol. The number of nitrogens with one attached hydrogen (secondary N) is 1. The van der Waals surface area contributed by atoms with Crippen LogP contribution < -0.4 is 10.2 Å². The first-order valence-corrected chi connectivity index (χ1v) is 9.70. The van der Waals surface area contributed by atoms with Crippen molar-refractivity contribution in [3.05, 3.63) is 59.2 Å². The van der Waals surface area contributed by atoms with E-state index in [9.17, 15) is 14.4 Å². The predicted molar refractivity (Wildman–Crippen MR) is 112 cm³/mol. The number of amides is 2. The molecule has 0 saturated carbocycles. The van der Waals surface area contributed by atoms with E-state index in [0.29, 0.717) is 5.69 Å². The number of ether oxygens (including phenoxy) is 1. The fraction of sp³-hybridized carbons (Fsp3) is 0.348. The van der Waals surface area contributed by atoms with Crippen molar-refractivity contribution in [1.29, 1.82) is 0 Å².